The number of nitrogens with zero attached hydrogens (tertiary/aromatic N) is 1. The smallest absolute Gasteiger partial charge is 0.416 e. The average molecular weight is 518 g/mol. The molecule has 0 fully saturated rings. The SMILES string of the molecule is Cc1cc(F)ccc1Oc1cc(C(F)(F)F)ccc1C(=O)Nc1ccc(F)c(C(=O)NC2=NCCN2)c1. The highest BCUT2D eigenvalue weighted by atomic mass is 19.4. The molecule has 3 N–H and O–H groups in total. The highest BCUT2D eigenvalue weighted by molar-refractivity contribution is 6.09. The standard InChI is InChI=1S/C25H19F5N4O3/c1-13-10-15(26)3-7-20(13)37-21-11-14(25(28,29)30)2-5-17(21)22(35)33-16-4-6-19(27)18(12-16)23(36)34-24-31-8-9-32-24/h2-7,10-12H,8-9H2,1H3,(H,33,35)(H2,31,32,34,36). The zero-order valence-electron chi connectivity index (χ0n) is 19.2. The number of nitrogens with one attached hydrogen (secondary N) is 3. The minimum Gasteiger partial charge on any atom is -0.456 e. The van der Waals surface area contributed by atoms with Crippen LogP contribution in [0, 0.1) is 18.6 Å². The van der Waals surface area contributed by atoms with Gasteiger partial charge >= 0.3 is 6.18 Å². The van der Waals surface area contributed by atoms with Crippen LogP contribution in [0.15, 0.2) is 59.6 Å². The number of halogens is 5. The van der Waals surface area contributed by atoms with Gasteiger partial charge in [-0.25, -0.2) is 8.78 Å². The summed E-state index contributed by atoms with van der Waals surface area (Å²) in [5.74, 6) is -3.35. The molecular weight excluding hydrogens is 499 g/mol. The molecule has 1 aliphatic heterocycles. The number of amides is 2. The van der Waals surface area contributed by atoms with E-state index in [0.717, 1.165) is 30.3 Å². The van der Waals surface area contributed by atoms with Crippen LogP contribution in [0.1, 0.15) is 31.8 Å². The quantitative estimate of drug-likeness (QED) is 0.414. The molecule has 0 atom stereocenters. The molecule has 0 unspecified atom stereocenters. The largest absolute Gasteiger partial charge is 0.456 e. The van der Waals surface area contributed by atoms with E-state index in [1.54, 1.807) is 0 Å². The number of ether oxygens (including phenoxy) is 1. The average Bonchev–Trinajstić information content (AvgIpc) is 3.34. The second-order valence-electron chi connectivity index (χ2n) is 7.98. The molecule has 7 nitrogen and oxygen atoms in total. The maximum atomic E-state index is 14.3. The molecule has 0 aromatic heterocycles. The van der Waals surface area contributed by atoms with E-state index in [1.807, 2.05) is 0 Å². The van der Waals surface area contributed by atoms with Gasteiger partial charge in [0.25, 0.3) is 11.8 Å². The van der Waals surface area contributed by atoms with E-state index in [0.29, 0.717) is 30.8 Å². The van der Waals surface area contributed by atoms with E-state index >= 15 is 0 Å². The number of rotatable bonds is 5. The van der Waals surface area contributed by atoms with Crippen molar-refractivity contribution in [2.75, 3.05) is 18.4 Å². The van der Waals surface area contributed by atoms with Crippen molar-refractivity contribution in [3.05, 3.63) is 88.5 Å². The summed E-state index contributed by atoms with van der Waals surface area (Å²) in [6.45, 7) is 2.45. The third-order valence-corrected chi connectivity index (χ3v) is 5.29. The molecule has 0 radical (unpaired) electrons. The number of hydrogen-bond donors (Lipinski definition) is 3. The Kier molecular flexibility index (Phi) is 7.09. The van der Waals surface area contributed by atoms with Crippen LogP contribution in [-0.2, 0) is 6.18 Å². The molecule has 0 aliphatic carbocycles. The molecule has 37 heavy (non-hydrogen) atoms. The Bertz CT molecular complexity index is 1410. The predicted octanol–water partition coefficient (Wildman–Crippen LogP) is 5.03. The Hall–Kier alpha value is -4.48. The Morgan fingerprint density at radius 2 is 1.68 bits per heavy atom. The minimum absolute atomic E-state index is 0.00156. The maximum absolute atomic E-state index is 14.3. The van der Waals surface area contributed by atoms with E-state index in [4.69, 9.17) is 4.74 Å². The molecule has 192 valence electrons. The van der Waals surface area contributed by atoms with Gasteiger partial charge < -0.3 is 15.4 Å². The van der Waals surface area contributed by atoms with Gasteiger partial charge in [0.05, 0.1) is 23.2 Å². The summed E-state index contributed by atoms with van der Waals surface area (Å²) in [5, 5.41) is 7.64. The fourth-order valence-electron chi connectivity index (χ4n) is 3.45. The summed E-state index contributed by atoms with van der Waals surface area (Å²) in [5.41, 5.74) is -1.44. The van der Waals surface area contributed by atoms with Crippen LogP contribution in [0.25, 0.3) is 0 Å². The first kappa shape index (κ1) is 25.6. The number of aryl methyl sites for hydroxylation is 1. The molecule has 1 heterocycles. The van der Waals surface area contributed by atoms with Crippen LogP contribution in [0.4, 0.5) is 27.6 Å². The number of carbonyl (C=O) groups excluding carboxylic acids is 2. The van der Waals surface area contributed by atoms with Gasteiger partial charge in [-0.3, -0.25) is 19.9 Å². The Balaban J connectivity index is 1.62. The van der Waals surface area contributed by atoms with Gasteiger partial charge in [-0.2, -0.15) is 13.2 Å². The molecule has 0 spiro atoms. The van der Waals surface area contributed by atoms with E-state index in [-0.39, 0.29) is 28.5 Å². The fraction of sp³-hybridized carbons (Fsp3) is 0.160. The number of hydrogen-bond acceptors (Lipinski definition) is 5. The third kappa shape index (κ3) is 6.02. The van der Waals surface area contributed by atoms with Crippen LogP contribution >= 0.6 is 0 Å². The van der Waals surface area contributed by atoms with Crippen LogP contribution in [-0.4, -0.2) is 30.9 Å². The van der Waals surface area contributed by atoms with Gasteiger partial charge in [-0.05, 0) is 67.1 Å². The van der Waals surface area contributed by atoms with E-state index in [9.17, 15) is 31.5 Å². The Morgan fingerprint density at radius 1 is 0.919 bits per heavy atom. The first-order chi connectivity index (χ1) is 17.5. The van der Waals surface area contributed by atoms with Gasteiger partial charge in [-0.1, -0.05) is 0 Å². The van der Waals surface area contributed by atoms with Gasteiger partial charge in [0.15, 0.2) is 5.96 Å². The number of benzene rings is 3. The molecule has 3 aromatic rings. The number of guanidine groups is 1. The number of anilines is 1. The van der Waals surface area contributed by atoms with Crippen molar-refractivity contribution in [1.29, 1.82) is 0 Å². The molecule has 2 amide bonds. The topological polar surface area (TPSA) is 91.8 Å². The molecular formula is C25H19F5N4O3. The molecule has 0 saturated carbocycles. The molecule has 12 heteroatoms. The third-order valence-electron chi connectivity index (χ3n) is 5.29. The first-order valence-corrected chi connectivity index (χ1v) is 10.9. The van der Waals surface area contributed by atoms with E-state index in [2.05, 4.69) is 20.9 Å². The summed E-state index contributed by atoms with van der Waals surface area (Å²) in [6, 6.07) is 8.91. The van der Waals surface area contributed by atoms with Crippen molar-refractivity contribution in [3.63, 3.8) is 0 Å². The number of alkyl halides is 3. The normalized spacial score (nSPS) is 13.0. The molecule has 0 bridgehead atoms. The van der Waals surface area contributed by atoms with Crippen molar-refractivity contribution in [1.82, 2.24) is 10.6 Å². The fourth-order valence-corrected chi connectivity index (χ4v) is 3.45. The van der Waals surface area contributed by atoms with E-state index < -0.39 is 40.9 Å². The molecule has 1 aliphatic rings. The summed E-state index contributed by atoms with van der Waals surface area (Å²) in [4.78, 5) is 29.4. The highest BCUT2D eigenvalue weighted by Gasteiger charge is 2.32. The van der Waals surface area contributed by atoms with Crippen LogP contribution in [0.2, 0.25) is 0 Å². The van der Waals surface area contributed by atoms with Crippen molar-refractivity contribution in [2.24, 2.45) is 4.99 Å². The van der Waals surface area contributed by atoms with Crippen molar-refractivity contribution in [3.8, 4) is 11.5 Å². The summed E-state index contributed by atoms with van der Waals surface area (Å²) in [7, 11) is 0. The Morgan fingerprint density at radius 3 is 2.35 bits per heavy atom. The lowest BCUT2D eigenvalue weighted by molar-refractivity contribution is -0.137. The van der Waals surface area contributed by atoms with Crippen molar-refractivity contribution in [2.45, 2.75) is 13.1 Å². The molecule has 3 aromatic carbocycles. The van der Waals surface area contributed by atoms with E-state index in [1.165, 1.54) is 19.1 Å². The zero-order chi connectivity index (χ0) is 26.7. The summed E-state index contributed by atoms with van der Waals surface area (Å²) >= 11 is 0. The number of aliphatic imine (C=N–C) groups is 1. The predicted molar refractivity (Wildman–Crippen MR) is 125 cm³/mol. The van der Waals surface area contributed by atoms with Crippen LogP contribution < -0.4 is 20.7 Å². The zero-order valence-corrected chi connectivity index (χ0v) is 19.2. The Labute approximate surface area is 207 Å². The summed E-state index contributed by atoms with van der Waals surface area (Å²) in [6.07, 6.45) is -4.72. The van der Waals surface area contributed by atoms with Gasteiger partial charge in [0.2, 0.25) is 0 Å². The summed E-state index contributed by atoms with van der Waals surface area (Å²) < 4.78 is 73.3. The van der Waals surface area contributed by atoms with Crippen LogP contribution in [0.5, 0.6) is 11.5 Å². The van der Waals surface area contributed by atoms with Gasteiger partial charge in [-0.15, -0.1) is 0 Å². The lowest BCUT2D eigenvalue weighted by Gasteiger charge is -2.16. The molecule has 4 rings (SSSR count). The van der Waals surface area contributed by atoms with Crippen molar-refractivity contribution >= 4 is 23.5 Å². The first-order valence-electron chi connectivity index (χ1n) is 10.9. The minimum atomic E-state index is -4.72. The van der Waals surface area contributed by atoms with Gasteiger partial charge in [0.1, 0.15) is 23.1 Å². The second kappa shape index (κ2) is 10.2. The molecule has 0 saturated heterocycles. The van der Waals surface area contributed by atoms with Crippen LogP contribution in [0.3, 0.4) is 0 Å². The lowest BCUT2D eigenvalue weighted by Crippen LogP contribution is -2.38. The van der Waals surface area contributed by atoms with Crippen molar-refractivity contribution < 1.29 is 36.3 Å². The lowest BCUT2D eigenvalue weighted by atomic mass is 10.1. The monoisotopic (exact) mass is 518 g/mol. The van der Waals surface area contributed by atoms with Gasteiger partial charge in [0, 0.05) is 12.2 Å². The second-order valence-corrected chi connectivity index (χ2v) is 7.98. The maximum Gasteiger partial charge on any atom is 0.416 e. The highest BCUT2D eigenvalue weighted by Crippen LogP contribution is 2.36. The number of carbonyl (C=O) groups is 2.